The summed E-state index contributed by atoms with van der Waals surface area (Å²) in [6.07, 6.45) is 1.87. The van der Waals surface area contributed by atoms with Gasteiger partial charge in [-0.1, -0.05) is 18.2 Å². The third-order valence-corrected chi connectivity index (χ3v) is 5.46. The zero-order chi connectivity index (χ0) is 20.9. The number of carbonyl (C=O) groups is 3. The second kappa shape index (κ2) is 8.79. The SMILES string of the molecule is O=C(Nc1ccccc1)Nc1ccc(NC(=O)c2ccc(NC(=O)C3CC3)s2)cc1. The Labute approximate surface area is 177 Å². The van der Waals surface area contributed by atoms with Crippen LogP contribution in [0.3, 0.4) is 0 Å². The third kappa shape index (κ3) is 5.24. The summed E-state index contributed by atoms with van der Waals surface area (Å²) < 4.78 is 0. The van der Waals surface area contributed by atoms with E-state index in [1.54, 1.807) is 48.5 Å². The first kappa shape index (κ1) is 19.7. The van der Waals surface area contributed by atoms with Crippen molar-refractivity contribution in [1.29, 1.82) is 0 Å². The lowest BCUT2D eigenvalue weighted by molar-refractivity contribution is -0.117. The van der Waals surface area contributed by atoms with Crippen molar-refractivity contribution in [2.75, 3.05) is 21.3 Å². The van der Waals surface area contributed by atoms with E-state index in [-0.39, 0.29) is 23.8 Å². The molecule has 1 aromatic heterocycles. The van der Waals surface area contributed by atoms with Crippen LogP contribution in [0.1, 0.15) is 22.5 Å². The Morgan fingerprint density at radius 3 is 1.93 bits per heavy atom. The summed E-state index contributed by atoms with van der Waals surface area (Å²) in [5.74, 6) is -0.121. The summed E-state index contributed by atoms with van der Waals surface area (Å²) in [6, 6.07) is 19.0. The first-order valence-corrected chi connectivity index (χ1v) is 10.3. The number of rotatable bonds is 6. The maximum atomic E-state index is 12.4. The lowest BCUT2D eigenvalue weighted by Crippen LogP contribution is -2.19. The first-order chi connectivity index (χ1) is 14.6. The van der Waals surface area contributed by atoms with Gasteiger partial charge in [0.1, 0.15) is 0 Å². The molecular formula is C22H20N4O3S. The van der Waals surface area contributed by atoms with Gasteiger partial charge in [0.15, 0.2) is 0 Å². The number of amides is 4. The van der Waals surface area contributed by atoms with E-state index < -0.39 is 0 Å². The highest BCUT2D eigenvalue weighted by Crippen LogP contribution is 2.31. The standard InChI is InChI=1S/C22H20N4O3S/c27-20(14-6-7-14)26-19-13-12-18(30-19)21(28)23-16-8-10-17(11-9-16)25-22(29)24-15-4-2-1-3-5-15/h1-5,8-14H,6-7H2,(H,23,28)(H,26,27)(H2,24,25,29). The molecule has 4 N–H and O–H groups in total. The van der Waals surface area contributed by atoms with Gasteiger partial charge in [0.25, 0.3) is 5.91 Å². The number of anilines is 4. The Morgan fingerprint density at radius 1 is 0.700 bits per heavy atom. The van der Waals surface area contributed by atoms with Gasteiger partial charge in [-0.05, 0) is 61.4 Å². The number of urea groups is 1. The highest BCUT2D eigenvalue weighted by molar-refractivity contribution is 7.18. The van der Waals surface area contributed by atoms with Crippen molar-refractivity contribution in [2.24, 2.45) is 5.92 Å². The molecule has 2 aromatic carbocycles. The van der Waals surface area contributed by atoms with Crippen LogP contribution in [0, 0.1) is 5.92 Å². The van der Waals surface area contributed by atoms with Crippen molar-refractivity contribution < 1.29 is 14.4 Å². The summed E-state index contributed by atoms with van der Waals surface area (Å²) in [5.41, 5.74) is 1.90. The second-order valence-electron chi connectivity index (χ2n) is 6.90. The van der Waals surface area contributed by atoms with Gasteiger partial charge in [-0.15, -0.1) is 11.3 Å². The van der Waals surface area contributed by atoms with Crippen LogP contribution in [-0.4, -0.2) is 17.8 Å². The van der Waals surface area contributed by atoms with Gasteiger partial charge in [0.05, 0.1) is 9.88 Å². The van der Waals surface area contributed by atoms with Crippen molar-refractivity contribution in [1.82, 2.24) is 0 Å². The van der Waals surface area contributed by atoms with Crippen molar-refractivity contribution in [3.05, 3.63) is 71.6 Å². The fourth-order valence-corrected chi connectivity index (χ4v) is 3.55. The molecular weight excluding hydrogens is 400 g/mol. The topological polar surface area (TPSA) is 99.3 Å². The van der Waals surface area contributed by atoms with Crippen molar-refractivity contribution in [3.8, 4) is 0 Å². The number of hydrogen-bond donors (Lipinski definition) is 4. The number of hydrogen-bond acceptors (Lipinski definition) is 4. The molecule has 8 heteroatoms. The molecule has 0 radical (unpaired) electrons. The Morgan fingerprint density at radius 2 is 1.30 bits per heavy atom. The molecule has 152 valence electrons. The lowest BCUT2D eigenvalue weighted by Gasteiger charge is -2.09. The van der Waals surface area contributed by atoms with Crippen molar-refractivity contribution in [3.63, 3.8) is 0 Å². The molecule has 1 aliphatic rings. The molecule has 3 aromatic rings. The highest BCUT2D eigenvalue weighted by Gasteiger charge is 2.29. The molecule has 4 rings (SSSR count). The van der Waals surface area contributed by atoms with E-state index in [0.717, 1.165) is 12.8 Å². The summed E-state index contributed by atoms with van der Waals surface area (Å²) in [4.78, 5) is 36.8. The van der Waals surface area contributed by atoms with Gasteiger partial charge in [-0.25, -0.2) is 4.79 Å². The van der Waals surface area contributed by atoms with Crippen LogP contribution < -0.4 is 21.3 Å². The molecule has 1 fully saturated rings. The zero-order valence-electron chi connectivity index (χ0n) is 16.0. The van der Waals surface area contributed by atoms with Gasteiger partial charge >= 0.3 is 6.03 Å². The number of para-hydroxylation sites is 1. The predicted octanol–water partition coefficient (Wildman–Crippen LogP) is 4.99. The van der Waals surface area contributed by atoms with Gasteiger partial charge in [0, 0.05) is 23.0 Å². The average Bonchev–Trinajstić information content (AvgIpc) is 3.49. The fraction of sp³-hybridized carbons (Fsp3) is 0.136. The van der Waals surface area contributed by atoms with Crippen LogP contribution in [-0.2, 0) is 4.79 Å². The summed E-state index contributed by atoms with van der Waals surface area (Å²) in [7, 11) is 0. The quantitative estimate of drug-likeness (QED) is 0.452. The molecule has 30 heavy (non-hydrogen) atoms. The largest absolute Gasteiger partial charge is 0.323 e. The number of thiophene rings is 1. The fourth-order valence-electron chi connectivity index (χ4n) is 2.74. The molecule has 0 bridgehead atoms. The normalized spacial score (nSPS) is 12.7. The van der Waals surface area contributed by atoms with E-state index in [4.69, 9.17) is 0 Å². The Kier molecular flexibility index (Phi) is 5.76. The van der Waals surface area contributed by atoms with Crippen molar-refractivity contribution in [2.45, 2.75) is 12.8 Å². The number of nitrogens with one attached hydrogen (secondary N) is 4. The van der Waals surface area contributed by atoms with Crippen LogP contribution in [0.25, 0.3) is 0 Å². The van der Waals surface area contributed by atoms with Crippen LogP contribution in [0.2, 0.25) is 0 Å². The lowest BCUT2D eigenvalue weighted by atomic mass is 10.2. The molecule has 0 spiro atoms. The smallest absolute Gasteiger partial charge is 0.321 e. The minimum Gasteiger partial charge on any atom is -0.321 e. The number of carbonyl (C=O) groups excluding carboxylic acids is 3. The van der Waals surface area contributed by atoms with Gasteiger partial charge in [0.2, 0.25) is 5.91 Å². The Balaban J connectivity index is 1.29. The molecule has 4 amide bonds. The van der Waals surface area contributed by atoms with E-state index in [9.17, 15) is 14.4 Å². The van der Waals surface area contributed by atoms with Gasteiger partial charge in [-0.3, -0.25) is 9.59 Å². The van der Waals surface area contributed by atoms with E-state index in [2.05, 4.69) is 21.3 Å². The second-order valence-corrected chi connectivity index (χ2v) is 7.99. The van der Waals surface area contributed by atoms with Gasteiger partial charge < -0.3 is 21.3 Å². The molecule has 0 atom stereocenters. The highest BCUT2D eigenvalue weighted by atomic mass is 32.1. The minimum atomic E-state index is -0.350. The molecule has 1 heterocycles. The maximum Gasteiger partial charge on any atom is 0.323 e. The zero-order valence-corrected chi connectivity index (χ0v) is 16.8. The van der Waals surface area contributed by atoms with E-state index in [0.29, 0.717) is 26.9 Å². The molecule has 1 aliphatic carbocycles. The van der Waals surface area contributed by atoms with Gasteiger partial charge in [-0.2, -0.15) is 0 Å². The van der Waals surface area contributed by atoms with E-state index in [1.807, 2.05) is 18.2 Å². The van der Waals surface area contributed by atoms with Crippen LogP contribution >= 0.6 is 11.3 Å². The summed E-state index contributed by atoms with van der Waals surface area (Å²) in [5, 5.41) is 11.8. The van der Waals surface area contributed by atoms with Crippen molar-refractivity contribution >= 4 is 51.2 Å². The monoisotopic (exact) mass is 420 g/mol. The average molecular weight is 420 g/mol. The Hall–Kier alpha value is -3.65. The summed E-state index contributed by atoms with van der Waals surface area (Å²) in [6.45, 7) is 0. The minimum absolute atomic E-state index is 0.0169. The predicted molar refractivity (Wildman–Crippen MR) is 119 cm³/mol. The number of benzene rings is 2. The molecule has 0 unspecified atom stereocenters. The molecule has 0 saturated heterocycles. The van der Waals surface area contributed by atoms with E-state index in [1.165, 1.54) is 11.3 Å². The Bertz CT molecular complexity index is 1060. The third-order valence-electron chi connectivity index (χ3n) is 4.46. The molecule has 1 saturated carbocycles. The van der Waals surface area contributed by atoms with Crippen LogP contribution in [0.4, 0.5) is 26.9 Å². The summed E-state index contributed by atoms with van der Waals surface area (Å²) >= 11 is 1.24. The molecule has 7 nitrogen and oxygen atoms in total. The van der Waals surface area contributed by atoms with E-state index >= 15 is 0 Å². The maximum absolute atomic E-state index is 12.4. The van der Waals surface area contributed by atoms with Crippen LogP contribution in [0.5, 0.6) is 0 Å². The molecule has 0 aliphatic heterocycles. The van der Waals surface area contributed by atoms with Crippen LogP contribution in [0.15, 0.2) is 66.7 Å². The first-order valence-electron chi connectivity index (χ1n) is 9.52.